The first-order chi connectivity index (χ1) is 8.79. The fourth-order valence-corrected chi connectivity index (χ4v) is 3.60. The molecule has 1 N–H and O–H groups in total. The Kier molecular flexibility index (Phi) is 3.14. The summed E-state index contributed by atoms with van der Waals surface area (Å²) in [5.74, 6) is 0. The van der Waals surface area contributed by atoms with Crippen molar-refractivity contribution in [2.24, 2.45) is 0 Å². The van der Waals surface area contributed by atoms with Crippen molar-refractivity contribution in [1.29, 1.82) is 0 Å². The van der Waals surface area contributed by atoms with Crippen LogP contribution in [0.15, 0.2) is 18.3 Å². The third-order valence-corrected chi connectivity index (χ3v) is 4.54. The lowest BCUT2D eigenvalue weighted by molar-refractivity contribution is 0.153. The van der Waals surface area contributed by atoms with Crippen LogP contribution in [0.5, 0.6) is 0 Å². The quantitative estimate of drug-likeness (QED) is 0.902. The number of fused-ring (bicyclic) bond motifs is 1. The summed E-state index contributed by atoms with van der Waals surface area (Å²) in [5.41, 5.74) is 3.08. The Bertz CT molecular complexity index is 565. The van der Waals surface area contributed by atoms with Gasteiger partial charge in [-0.15, -0.1) is 11.3 Å². The van der Waals surface area contributed by atoms with E-state index in [1.165, 1.54) is 10.4 Å². The highest BCUT2D eigenvalue weighted by Crippen LogP contribution is 2.37. The lowest BCUT2D eigenvalue weighted by Gasteiger charge is -2.14. The van der Waals surface area contributed by atoms with Crippen molar-refractivity contribution in [3.05, 3.63) is 34.5 Å². The normalized spacial score (nSPS) is 18.7. The van der Waals surface area contributed by atoms with Crippen LogP contribution in [0.3, 0.4) is 0 Å². The first-order valence-electron chi connectivity index (χ1n) is 6.41. The number of nitrogens with zero attached hydrogens (tertiary/aromatic N) is 2. The van der Waals surface area contributed by atoms with E-state index in [-0.39, 0.29) is 6.10 Å². The van der Waals surface area contributed by atoms with Crippen molar-refractivity contribution in [2.45, 2.75) is 38.7 Å². The molecule has 0 saturated carbocycles. The molecule has 1 atom stereocenters. The topological polar surface area (TPSA) is 46.0 Å². The van der Waals surface area contributed by atoms with E-state index in [0.29, 0.717) is 0 Å². The first-order valence-corrected chi connectivity index (χ1v) is 7.23. The van der Waals surface area contributed by atoms with E-state index >= 15 is 0 Å². The summed E-state index contributed by atoms with van der Waals surface area (Å²) in [4.78, 5) is 10.3. The van der Waals surface area contributed by atoms with E-state index in [0.717, 1.165) is 42.1 Å². The summed E-state index contributed by atoms with van der Waals surface area (Å²) in [5, 5.41) is 10.9. The van der Waals surface area contributed by atoms with Crippen LogP contribution in [0, 0.1) is 0 Å². The zero-order valence-electron chi connectivity index (χ0n) is 10.4. The minimum Gasteiger partial charge on any atom is -0.387 e. The van der Waals surface area contributed by atoms with Gasteiger partial charge < -0.3 is 5.11 Å². The number of aromatic nitrogens is 2. The molecule has 0 amide bonds. The molecule has 18 heavy (non-hydrogen) atoms. The van der Waals surface area contributed by atoms with Gasteiger partial charge in [-0.05, 0) is 37.3 Å². The van der Waals surface area contributed by atoms with Gasteiger partial charge in [-0.1, -0.05) is 13.0 Å². The number of aliphatic hydroxyl groups is 1. The molecule has 0 fully saturated rings. The third-order valence-electron chi connectivity index (χ3n) is 3.40. The van der Waals surface area contributed by atoms with Crippen molar-refractivity contribution in [3.8, 4) is 10.7 Å². The lowest BCUT2D eigenvalue weighted by atomic mass is 10.0. The van der Waals surface area contributed by atoms with E-state index in [9.17, 15) is 5.11 Å². The first kappa shape index (κ1) is 11.8. The zero-order valence-corrected chi connectivity index (χ0v) is 11.2. The summed E-state index contributed by atoms with van der Waals surface area (Å²) in [7, 11) is 0. The average Bonchev–Trinajstić information content (AvgIpc) is 2.84. The highest BCUT2D eigenvalue weighted by atomic mass is 32.1. The number of aryl methyl sites for hydroxylation is 2. The molecule has 0 aromatic carbocycles. The number of hydrogen-bond acceptors (Lipinski definition) is 4. The Balaban J connectivity index is 2.07. The molecule has 2 heterocycles. The Morgan fingerprint density at radius 3 is 3.17 bits per heavy atom. The zero-order chi connectivity index (χ0) is 12.5. The maximum atomic E-state index is 9.97. The molecule has 2 aromatic heterocycles. The predicted molar refractivity (Wildman–Crippen MR) is 72.6 cm³/mol. The number of thiazole rings is 1. The standard InChI is InChI=1S/C14H16N2OS/c1-2-9-5-4-8-15-12(9)14-16-13-10(17)6-3-7-11(13)18-14/h4-5,8,10,17H,2-3,6-7H2,1H3. The van der Waals surface area contributed by atoms with Crippen LogP contribution in [-0.2, 0) is 12.8 Å². The molecule has 1 unspecified atom stereocenters. The van der Waals surface area contributed by atoms with Crippen molar-refractivity contribution in [3.63, 3.8) is 0 Å². The Hall–Kier alpha value is -1.26. The minimum absolute atomic E-state index is 0.382. The van der Waals surface area contributed by atoms with Crippen LogP contribution in [-0.4, -0.2) is 15.1 Å². The molecule has 0 aliphatic heterocycles. The number of hydrogen-bond donors (Lipinski definition) is 1. The Morgan fingerprint density at radius 2 is 2.39 bits per heavy atom. The Labute approximate surface area is 111 Å². The molecule has 1 aliphatic carbocycles. The molecule has 0 saturated heterocycles. The van der Waals surface area contributed by atoms with Gasteiger partial charge in [-0.25, -0.2) is 4.98 Å². The summed E-state index contributed by atoms with van der Waals surface area (Å²) in [6.45, 7) is 2.13. The van der Waals surface area contributed by atoms with Crippen LogP contribution < -0.4 is 0 Å². The molecule has 94 valence electrons. The average molecular weight is 260 g/mol. The predicted octanol–water partition coefficient (Wildman–Crippen LogP) is 3.14. The maximum absolute atomic E-state index is 9.97. The van der Waals surface area contributed by atoms with Crippen molar-refractivity contribution in [2.75, 3.05) is 0 Å². The molecular formula is C14H16N2OS. The summed E-state index contributed by atoms with van der Waals surface area (Å²) in [6.07, 6.45) is 5.31. The monoisotopic (exact) mass is 260 g/mol. The van der Waals surface area contributed by atoms with Gasteiger partial charge in [0.2, 0.25) is 0 Å². The molecule has 4 heteroatoms. The SMILES string of the molecule is CCc1cccnc1-c1nc2c(s1)CCCC2O. The van der Waals surface area contributed by atoms with Gasteiger partial charge in [-0.2, -0.15) is 0 Å². The number of pyridine rings is 1. The van der Waals surface area contributed by atoms with Crippen LogP contribution in [0.25, 0.3) is 10.7 Å². The molecule has 2 aromatic rings. The maximum Gasteiger partial charge on any atom is 0.142 e. The molecular weight excluding hydrogens is 244 g/mol. The summed E-state index contributed by atoms with van der Waals surface area (Å²) < 4.78 is 0. The van der Waals surface area contributed by atoms with Crippen LogP contribution in [0.2, 0.25) is 0 Å². The summed E-state index contributed by atoms with van der Waals surface area (Å²) >= 11 is 1.69. The molecule has 0 spiro atoms. The van der Waals surface area contributed by atoms with Crippen molar-refractivity contribution < 1.29 is 5.11 Å². The van der Waals surface area contributed by atoms with Crippen molar-refractivity contribution >= 4 is 11.3 Å². The molecule has 1 aliphatic rings. The van der Waals surface area contributed by atoms with Gasteiger partial charge in [0.05, 0.1) is 11.8 Å². The van der Waals surface area contributed by atoms with Gasteiger partial charge in [0.25, 0.3) is 0 Å². The molecule has 0 bridgehead atoms. The second-order valence-corrected chi connectivity index (χ2v) is 5.68. The van der Waals surface area contributed by atoms with Gasteiger partial charge in [0.15, 0.2) is 0 Å². The van der Waals surface area contributed by atoms with Crippen LogP contribution in [0.1, 0.15) is 42.0 Å². The van der Waals surface area contributed by atoms with E-state index < -0.39 is 0 Å². The second kappa shape index (κ2) is 4.78. The van der Waals surface area contributed by atoms with Crippen LogP contribution in [0.4, 0.5) is 0 Å². The van der Waals surface area contributed by atoms with Gasteiger partial charge in [0, 0.05) is 11.1 Å². The number of aliphatic hydroxyl groups excluding tert-OH is 1. The van der Waals surface area contributed by atoms with E-state index in [2.05, 4.69) is 23.0 Å². The fraction of sp³-hybridized carbons (Fsp3) is 0.429. The van der Waals surface area contributed by atoms with E-state index in [4.69, 9.17) is 0 Å². The lowest BCUT2D eigenvalue weighted by Crippen LogP contribution is -2.07. The van der Waals surface area contributed by atoms with Gasteiger partial charge in [0.1, 0.15) is 10.7 Å². The second-order valence-electron chi connectivity index (χ2n) is 4.60. The Morgan fingerprint density at radius 1 is 1.50 bits per heavy atom. The van der Waals surface area contributed by atoms with E-state index in [1.54, 1.807) is 11.3 Å². The third kappa shape index (κ3) is 1.95. The van der Waals surface area contributed by atoms with Gasteiger partial charge >= 0.3 is 0 Å². The van der Waals surface area contributed by atoms with Crippen LogP contribution >= 0.6 is 11.3 Å². The number of rotatable bonds is 2. The molecule has 0 radical (unpaired) electrons. The highest BCUT2D eigenvalue weighted by molar-refractivity contribution is 7.15. The molecule has 3 rings (SSSR count). The fourth-order valence-electron chi connectivity index (χ4n) is 2.41. The highest BCUT2D eigenvalue weighted by Gasteiger charge is 2.24. The molecule has 3 nitrogen and oxygen atoms in total. The smallest absolute Gasteiger partial charge is 0.142 e. The minimum atomic E-state index is -0.382. The van der Waals surface area contributed by atoms with Gasteiger partial charge in [-0.3, -0.25) is 4.98 Å². The largest absolute Gasteiger partial charge is 0.387 e. The van der Waals surface area contributed by atoms with E-state index in [1.807, 2.05) is 12.3 Å². The van der Waals surface area contributed by atoms with Crippen molar-refractivity contribution in [1.82, 2.24) is 9.97 Å². The summed E-state index contributed by atoms with van der Waals surface area (Å²) in [6, 6.07) is 4.06.